The van der Waals surface area contributed by atoms with E-state index in [1.165, 1.54) is 19.3 Å². The molecule has 0 radical (unpaired) electrons. The average Bonchev–Trinajstić information content (AvgIpc) is 3.02. The van der Waals surface area contributed by atoms with Gasteiger partial charge in [0.15, 0.2) is 5.82 Å². The molecular formula is C22H26N4S. The Morgan fingerprint density at radius 3 is 2.15 bits per heavy atom. The largest absolute Gasteiger partial charge is 0.279 e. The molecule has 5 heteroatoms. The van der Waals surface area contributed by atoms with E-state index in [4.69, 9.17) is 17.3 Å². The van der Waals surface area contributed by atoms with Crippen LogP contribution in [-0.2, 0) is 6.67 Å². The van der Waals surface area contributed by atoms with Gasteiger partial charge in [0.2, 0.25) is 4.77 Å². The van der Waals surface area contributed by atoms with Crippen LogP contribution in [0.15, 0.2) is 60.7 Å². The zero-order valence-electron chi connectivity index (χ0n) is 16.0. The minimum atomic E-state index is 0.553. The molecule has 1 aliphatic heterocycles. The van der Waals surface area contributed by atoms with E-state index in [0.29, 0.717) is 12.1 Å². The first kappa shape index (κ1) is 18.1. The fourth-order valence-corrected chi connectivity index (χ4v) is 4.28. The van der Waals surface area contributed by atoms with Crippen molar-refractivity contribution in [3.05, 3.63) is 65.4 Å². The Labute approximate surface area is 166 Å². The van der Waals surface area contributed by atoms with Crippen molar-refractivity contribution in [2.75, 3.05) is 0 Å². The number of aromatic nitrogens is 3. The van der Waals surface area contributed by atoms with E-state index < -0.39 is 0 Å². The molecule has 2 atom stereocenters. The molecule has 2 heterocycles. The summed E-state index contributed by atoms with van der Waals surface area (Å²) in [5.74, 6) is 0.893. The molecule has 0 N–H and O–H groups in total. The minimum Gasteiger partial charge on any atom is -0.279 e. The molecule has 1 aliphatic rings. The fourth-order valence-electron chi connectivity index (χ4n) is 3.99. The van der Waals surface area contributed by atoms with Crippen LogP contribution in [-0.4, -0.2) is 31.3 Å². The van der Waals surface area contributed by atoms with E-state index in [-0.39, 0.29) is 0 Å². The Balaban J connectivity index is 1.80. The highest BCUT2D eigenvalue weighted by Crippen LogP contribution is 2.26. The maximum atomic E-state index is 5.88. The molecule has 4 rings (SSSR count). The Bertz CT molecular complexity index is 935. The monoisotopic (exact) mass is 378 g/mol. The summed E-state index contributed by atoms with van der Waals surface area (Å²) in [5.41, 5.74) is 2.12. The fraction of sp³-hybridized carbons (Fsp3) is 0.364. The van der Waals surface area contributed by atoms with Gasteiger partial charge in [-0.25, -0.2) is 4.68 Å². The lowest BCUT2D eigenvalue weighted by molar-refractivity contribution is 0.0636. The molecule has 0 bridgehead atoms. The molecular weight excluding hydrogens is 352 g/mol. The Hall–Kier alpha value is -2.24. The van der Waals surface area contributed by atoms with E-state index >= 15 is 0 Å². The molecule has 1 fully saturated rings. The van der Waals surface area contributed by atoms with Gasteiger partial charge in [0.1, 0.15) is 0 Å². The Kier molecular flexibility index (Phi) is 5.23. The van der Waals surface area contributed by atoms with Crippen LogP contribution in [0.4, 0.5) is 0 Å². The van der Waals surface area contributed by atoms with Crippen LogP contribution in [0.25, 0.3) is 17.1 Å². The summed E-state index contributed by atoms with van der Waals surface area (Å²) in [5, 5.41) is 4.95. The number of hydrogen-bond acceptors (Lipinski definition) is 3. The predicted molar refractivity (Wildman–Crippen MR) is 112 cm³/mol. The van der Waals surface area contributed by atoms with Gasteiger partial charge in [-0.15, -0.1) is 5.10 Å². The van der Waals surface area contributed by atoms with Gasteiger partial charge in [-0.1, -0.05) is 55.0 Å². The molecule has 0 saturated carbocycles. The summed E-state index contributed by atoms with van der Waals surface area (Å²) in [6, 6.07) is 21.7. The molecule has 0 unspecified atom stereocenters. The standard InChI is InChI=1S/C22H26N4S/c1-17-10-9-11-18(2)24(17)16-25-22(27)26(20-14-7-4-8-15-20)21(23-25)19-12-5-3-6-13-19/h3-8,12-15,17-18H,9-11,16H2,1-2H3/t17-,18-/m1/s1. The van der Waals surface area contributed by atoms with Crippen LogP contribution in [0.3, 0.4) is 0 Å². The van der Waals surface area contributed by atoms with Crippen molar-refractivity contribution in [3.63, 3.8) is 0 Å². The molecule has 0 amide bonds. The lowest BCUT2D eigenvalue weighted by Gasteiger charge is -2.38. The first-order valence-electron chi connectivity index (χ1n) is 9.71. The van der Waals surface area contributed by atoms with Gasteiger partial charge in [-0.2, -0.15) is 0 Å². The summed E-state index contributed by atoms with van der Waals surface area (Å²) in [4.78, 5) is 2.52. The second-order valence-electron chi connectivity index (χ2n) is 7.43. The molecule has 0 spiro atoms. The summed E-state index contributed by atoms with van der Waals surface area (Å²) in [7, 11) is 0. The van der Waals surface area contributed by atoms with Crippen LogP contribution >= 0.6 is 12.2 Å². The Morgan fingerprint density at radius 1 is 0.926 bits per heavy atom. The van der Waals surface area contributed by atoms with Crippen molar-refractivity contribution in [3.8, 4) is 17.1 Å². The van der Waals surface area contributed by atoms with Gasteiger partial charge in [-0.05, 0) is 51.0 Å². The van der Waals surface area contributed by atoms with E-state index in [1.807, 2.05) is 41.1 Å². The third kappa shape index (κ3) is 3.62. The second kappa shape index (κ2) is 7.79. The van der Waals surface area contributed by atoms with Gasteiger partial charge in [0.05, 0.1) is 6.67 Å². The first-order valence-corrected chi connectivity index (χ1v) is 10.1. The highest BCUT2D eigenvalue weighted by molar-refractivity contribution is 7.71. The van der Waals surface area contributed by atoms with Crippen LogP contribution < -0.4 is 0 Å². The maximum absolute atomic E-state index is 5.88. The zero-order valence-corrected chi connectivity index (χ0v) is 16.8. The molecule has 1 saturated heterocycles. The number of hydrogen-bond donors (Lipinski definition) is 0. The highest BCUT2D eigenvalue weighted by atomic mass is 32.1. The maximum Gasteiger partial charge on any atom is 0.204 e. The number of nitrogens with zero attached hydrogens (tertiary/aromatic N) is 4. The molecule has 2 aromatic carbocycles. The summed E-state index contributed by atoms with van der Waals surface area (Å²) in [6.45, 7) is 5.36. The number of para-hydroxylation sites is 1. The van der Waals surface area contributed by atoms with Crippen molar-refractivity contribution in [1.82, 2.24) is 19.2 Å². The molecule has 3 aromatic rings. The average molecular weight is 379 g/mol. The van der Waals surface area contributed by atoms with Crippen molar-refractivity contribution >= 4 is 12.2 Å². The van der Waals surface area contributed by atoms with Crippen LogP contribution in [0.2, 0.25) is 0 Å². The van der Waals surface area contributed by atoms with Gasteiger partial charge in [-0.3, -0.25) is 9.47 Å². The number of benzene rings is 2. The summed E-state index contributed by atoms with van der Waals surface area (Å²) in [6.07, 6.45) is 3.78. The van der Waals surface area contributed by atoms with Crippen LogP contribution in [0.5, 0.6) is 0 Å². The number of rotatable bonds is 4. The molecule has 140 valence electrons. The van der Waals surface area contributed by atoms with Crippen molar-refractivity contribution < 1.29 is 0 Å². The summed E-state index contributed by atoms with van der Waals surface area (Å²) >= 11 is 5.88. The van der Waals surface area contributed by atoms with E-state index in [2.05, 4.69) is 47.6 Å². The summed E-state index contributed by atoms with van der Waals surface area (Å²) < 4.78 is 4.82. The van der Waals surface area contributed by atoms with Crippen molar-refractivity contribution in [2.45, 2.75) is 51.9 Å². The molecule has 1 aromatic heterocycles. The van der Waals surface area contributed by atoms with Gasteiger partial charge in [0, 0.05) is 23.3 Å². The minimum absolute atomic E-state index is 0.553. The number of likely N-dealkylation sites (tertiary alicyclic amines) is 1. The molecule has 0 aliphatic carbocycles. The quantitative estimate of drug-likeness (QED) is 0.577. The normalized spacial score (nSPS) is 20.7. The van der Waals surface area contributed by atoms with Crippen molar-refractivity contribution in [1.29, 1.82) is 0 Å². The van der Waals surface area contributed by atoms with Gasteiger partial charge < -0.3 is 0 Å². The Morgan fingerprint density at radius 2 is 1.52 bits per heavy atom. The SMILES string of the molecule is C[C@@H]1CCC[C@@H](C)N1Cn1nc(-c2ccccc2)n(-c2ccccc2)c1=S. The number of piperidine rings is 1. The highest BCUT2D eigenvalue weighted by Gasteiger charge is 2.26. The third-order valence-electron chi connectivity index (χ3n) is 5.56. The van der Waals surface area contributed by atoms with Crippen LogP contribution in [0, 0.1) is 4.77 Å². The van der Waals surface area contributed by atoms with Crippen molar-refractivity contribution in [2.24, 2.45) is 0 Å². The second-order valence-corrected chi connectivity index (χ2v) is 7.79. The first-order chi connectivity index (χ1) is 13.1. The zero-order chi connectivity index (χ0) is 18.8. The lowest BCUT2D eigenvalue weighted by atomic mass is 9.98. The lowest BCUT2D eigenvalue weighted by Crippen LogP contribution is -2.44. The van der Waals surface area contributed by atoms with E-state index in [9.17, 15) is 0 Å². The van der Waals surface area contributed by atoms with Gasteiger partial charge in [0.25, 0.3) is 0 Å². The van der Waals surface area contributed by atoms with E-state index in [0.717, 1.165) is 28.5 Å². The smallest absolute Gasteiger partial charge is 0.204 e. The molecule has 4 nitrogen and oxygen atoms in total. The van der Waals surface area contributed by atoms with Gasteiger partial charge >= 0.3 is 0 Å². The topological polar surface area (TPSA) is 26.0 Å². The predicted octanol–water partition coefficient (Wildman–Crippen LogP) is 5.29. The van der Waals surface area contributed by atoms with E-state index in [1.54, 1.807) is 0 Å². The molecule has 27 heavy (non-hydrogen) atoms. The third-order valence-corrected chi connectivity index (χ3v) is 5.95. The van der Waals surface area contributed by atoms with Crippen LogP contribution in [0.1, 0.15) is 33.1 Å².